The minimum Gasteiger partial charge on any atom is -0.408 e. The predicted molar refractivity (Wildman–Crippen MR) is 68.5 cm³/mol. The Bertz CT molecular complexity index is 719. The van der Waals surface area contributed by atoms with Crippen LogP contribution >= 0.6 is 0 Å². The maximum atomic E-state index is 11.1. The fourth-order valence-corrected chi connectivity index (χ4v) is 1.81. The third-order valence-electron chi connectivity index (χ3n) is 2.99. The molecule has 6 nitrogen and oxygen atoms in total. The summed E-state index contributed by atoms with van der Waals surface area (Å²) in [5.74, 6) is -1.16. The van der Waals surface area contributed by atoms with E-state index in [9.17, 15) is 9.59 Å². The van der Waals surface area contributed by atoms with E-state index in [1.54, 1.807) is 12.1 Å². The lowest BCUT2D eigenvalue weighted by atomic mass is 9.84. The van der Waals surface area contributed by atoms with Crippen LogP contribution in [0.1, 0.15) is 19.4 Å². The third-order valence-corrected chi connectivity index (χ3v) is 2.99. The van der Waals surface area contributed by atoms with Crippen LogP contribution in [0.3, 0.4) is 0 Å². The van der Waals surface area contributed by atoms with E-state index in [0.717, 1.165) is 5.56 Å². The normalized spacial score (nSPS) is 11.2. The van der Waals surface area contributed by atoms with Crippen molar-refractivity contribution in [3.63, 3.8) is 0 Å². The van der Waals surface area contributed by atoms with Gasteiger partial charge in [-0.05, 0) is 17.7 Å². The minimum absolute atomic E-state index is 0.319. The molecule has 6 heteroatoms. The second-order valence-corrected chi connectivity index (χ2v) is 4.90. The van der Waals surface area contributed by atoms with Crippen LogP contribution in [0, 0.1) is 11.3 Å². The number of aromatic nitrogens is 1. The second-order valence-electron chi connectivity index (χ2n) is 4.90. The number of hydrogen-bond acceptors (Lipinski definition) is 4. The van der Waals surface area contributed by atoms with Gasteiger partial charge in [-0.3, -0.25) is 9.78 Å². The van der Waals surface area contributed by atoms with Gasteiger partial charge in [-0.1, -0.05) is 19.9 Å². The molecule has 19 heavy (non-hydrogen) atoms. The Hall–Kier alpha value is -2.55. The minimum atomic E-state index is -0.665. The summed E-state index contributed by atoms with van der Waals surface area (Å²) in [6.45, 7) is 4.17. The summed E-state index contributed by atoms with van der Waals surface area (Å²) < 4.78 is 5.00. The number of H-pyrrole nitrogens is 1. The molecular formula is C13H13N3O3. The number of nitriles is 1. The van der Waals surface area contributed by atoms with E-state index < -0.39 is 11.7 Å². The Morgan fingerprint density at radius 3 is 2.95 bits per heavy atom. The van der Waals surface area contributed by atoms with E-state index in [0.29, 0.717) is 17.6 Å². The lowest BCUT2D eigenvalue weighted by Crippen LogP contribution is -2.35. The van der Waals surface area contributed by atoms with Crippen LogP contribution in [0.5, 0.6) is 0 Å². The summed E-state index contributed by atoms with van der Waals surface area (Å²) in [5.41, 5.74) is 1.63. The first-order valence-electron chi connectivity index (χ1n) is 5.74. The Morgan fingerprint density at radius 2 is 2.26 bits per heavy atom. The number of hydrogen-bond donors (Lipinski definition) is 2. The van der Waals surface area contributed by atoms with Gasteiger partial charge in [0.2, 0.25) is 0 Å². The van der Waals surface area contributed by atoms with Crippen molar-refractivity contribution in [3.05, 3.63) is 34.3 Å². The molecule has 0 fully saturated rings. The molecule has 98 valence electrons. The fraction of sp³-hybridized carbons (Fsp3) is 0.308. The van der Waals surface area contributed by atoms with E-state index in [2.05, 4.69) is 10.3 Å². The third kappa shape index (κ3) is 2.65. The zero-order valence-electron chi connectivity index (χ0n) is 10.6. The number of amides is 1. The molecule has 2 N–H and O–H groups in total. The monoisotopic (exact) mass is 259 g/mol. The number of oxazole rings is 1. The van der Waals surface area contributed by atoms with Crippen molar-refractivity contribution < 1.29 is 9.21 Å². The number of nitrogens with zero attached hydrogens (tertiary/aromatic N) is 1. The molecule has 0 radical (unpaired) electrons. The van der Waals surface area contributed by atoms with Gasteiger partial charge in [-0.15, -0.1) is 0 Å². The Kier molecular flexibility index (Phi) is 3.13. The van der Waals surface area contributed by atoms with Crippen molar-refractivity contribution in [2.75, 3.05) is 6.54 Å². The summed E-state index contributed by atoms with van der Waals surface area (Å²) in [7, 11) is 0. The van der Waals surface area contributed by atoms with Crippen molar-refractivity contribution in [1.82, 2.24) is 10.3 Å². The molecule has 0 aliphatic carbocycles. The van der Waals surface area contributed by atoms with Gasteiger partial charge in [0.15, 0.2) is 11.7 Å². The molecule has 1 amide bonds. The first-order chi connectivity index (χ1) is 8.92. The van der Waals surface area contributed by atoms with Crippen LogP contribution in [0.25, 0.3) is 11.1 Å². The lowest BCUT2D eigenvalue weighted by Gasteiger charge is -2.24. The number of carbonyl (C=O) groups is 1. The Labute approximate surface area is 109 Å². The van der Waals surface area contributed by atoms with E-state index in [4.69, 9.17) is 9.68 Å². The molecule has 1 aromatic heterocycles. The highest BCUT2D eigenvalue weighted by Crippen LogP contribution is 2.25. The molecule has 0 aliphatic heterocycles. The van der Waals surface area contributed by atoms with E-state index in [-0.39, 0.29) is 5.41 Å². The molecule has 0 bridgehead atoms. The zero-order valence-corrected chi connectivity index (χ0v) is 10.6. The van der Waals surface area contributed by atoms with Gasteiger partial charge in [0.25, 0.3) is 0 Å². The molecule has 0 saturated carbocycles. The molecule has 0 saturated heterocycles. The van der Waals surface area contributed by atoms with Crippen molar-refractivity contribution >= 4 is 17.0 Å². The van der Waals surface area contributed by atoms with Crippen molar-refractivity contribution in [1.29, 1.82) is 5.26 Å². The van der Waals surface area contributed by atoms with Gasteiger partial charge in [0, 0.05) is 12.0 Å². The topological polar surface area (TPSA) is 98.9 Å². The van der Waals surface area contributed by atoms with Gasteiger partial charge >= 0.3 is 11.7 Å². The van der Waals surface area contributed by atoms with Crippen LogP contribution < -0.4 is 11.1 Å². The number of aromatic amines is 1. The highest BCUT2D eigenvalue weighted by molar-refractivity contribution is 5.91. The molecule has 2 aromatic rings. The molecule has 0 aliphatic rings. The SMILES string of the molecule is CC(C)(CNC(=O)C#N)c1ccc2[nH]c(=O)oc2c1. The van der Waals surface area contributed by atoms with Crippen molar-refractivity contribution in [3.8, 4) is 6.07 Å². The van der Waals surface area contributed by atoms with Gasteiger partial charge in [0.1, 0.15) is 0 Å². The Morgan fingerprint density at radius 1 is 1.53 bits per heavy atom. The highest BCUT2D eigenvalue weighted by atomic mass is 16.4. The number of nitrogens with one attached hydrogen (secondary N) is 2. The number of benzene rings is 1. The van der Waals surface area contributed by atoms with Crippen LogP contribution in [0.2, 0.25) is 0 Å². The molecule has 2 rings (SSSR count). The average Bonchev–Trinajstić information content (AvgIpc) is 2.74. The first kappa shape index (κ1) is 12.9. The van der Waals surface area contributed by atoms with Crippen molar-refractivity contribution in [2.24, 2.45) is 0 Å². The summed E-state index contributed by atoms with van der Waals surface area (Å²) in [4.78, 5) is 24.6. The quantitative estimate of drug-likeness (QED) is 0.804. The zero-order chi connectivity index (χ0) is 14.0. The van der Waals surface area contributed by atoms with E-state index in [1.807, 2.05) is 19.9 Å². The van der Waals surface area contributed by atoms with Gasteiger partial charge in [-0.25, -0.2) is 4.79 Å². The maximum absolute atomic E-state index is 11.1. The summed E-state index contributed by atoms with van der Waals surface area (Å²) >= 11 is 0. The number of rotatable bonds is 3. The van der Waals surface area contributed by atoms with Crippen LogP contribution in [-0.2, 0) is 10.2 Å². The fourth-order valence-electron chi connectivity index (χ4n) is 1.81. The molecular weight excluding hydrogens is 246 g/mol. The van der Waals surface area contributed by atoms with E-state index in [1.165, 1.54) is 6.07 Å². The number of fused-ring (bicyclic) bond motifs is 1. The summed E-state index contributed by atoms with van der Waals surface area (Å²) in [6, 6.07) is 6.87. The molecule has 1 aromatic carbocycles. The molecule has 0 spiro atoms. The van der Waals surface area contributed by atoms with Crippen LogP contribution in [0.4, 0.5) is 0 Å². The first-order valence-corrected chi connectivity index (χ1v) is 5.74. The lowest BCUT2D eigenvalue weighted by molar-refractivity contribution is -0.116. The average molecular weight is 259 g/mol. The van der Waals surface area contributed by atoms with Gasteiger partial charge < -0.3 is 9.73 Å². The smallest absolute Gasteiger partial charge is 0.408 e. The van der Waals surface area contributed by atoms with E-state index >= 15 is 0 Å². The largest absolute Gasteiger partial charge is 0.417 e. The maximum Gasteiger partial charge on any atom is 0.417 e. The summed E-state index contributed by atoms with van der Waals surface area (Å²) in [5, 5.41) is 11.0. The predicted octanol–water partition coefficient (Wildman–Crippen LogP) is 1.04. The molecule has 1 heterocycles. The van der Waals surface area contributed by atoms with Crippen molar-refractivity contribution in [2.45, 2.75) is 19.3 Å². The van der Waals surface area contributed by atoms with Gasteiger partial charge in [0.05, 0.1) is 5.52 Å². The highest BCUT2D eigenvalue weighted by Gasteiger charge is 2.22. The number of carbonyl (C=O) groups excluding carboxylic acids is 1. The van der Waals surface area contributed by atoms with Crippen LogP contribution in [-0.4, -0.2) is 17.4 Å². The molecule has 0 atom stereocenters. The van der Waals surface area contributed by atoms with Gasteiger partial charge in [-0.2, -0.15) is 5.26 Å². The standard InChI is InChI=1S/C13H13N3O3/c1-13(2,7-15-11(17)6-14)8-3-4-9-10(5-8)19-12(18)16-9/h3-5H,7H2,1-2H3,(H,15,17)(H,16,18). The molecule has 0 unspecified atom stereocenters. The Balaban J connectivity index is 2.29. The van der Waals surface area contributed by atoms with Crippen LogP contribution in [0.15, 0.2) is 27.4 Å². The summed E-state index contributed by atoms with van der Waals surface area (Å²) in [6.07, 6.45) is 0. The second kappa shape index (κ2) is 4.61.